The van der Waals surface area contributed by atoms with Crippen LogP contribution in [0.4, 0.5) is 0 Å². The maximum Gasteiger partial charge on any atom is 0.335 e. The average molecular weight is 269 g/mol. The molecule has 1 aromatic heterocycles. The normalized spacial score (nSPS) is 10.2. The molecule has 0 amide bonds. The second-order valence-corrected chi connectivity index (χ2v) is 3.95. The minimum atomic E-state index is -0.977. The van der Waals surface area contributed by atoms with Gasteiger partial charge in [0.1, 0.15) is 5.15 Å². The number of benzene rings is 1. The minimum absolute atomic E-state index is 0.0508. The monoisotopic (exact) mass is 268 g/mol. The molecular formula is C11H6Cl2N2O2. The number of halogens is 2. The molecule has 86 valence electrons. The van der Waals surface area contributed by atoms with E-state index in [0.29, 0.717) is 5.69 Å². The molecule has 1 N–H and O–H groups in total. The molecule has 0 aliphatic heterocycles. The van der Waals surface area contributed by atoms with Gasteiger partial charge in [-0.15, -0.1) is 0 Å². The number of carboxylic acid groups (broad SMARTS) is 1. The second-order valence-electron chi connectivity index (χ2n) is 3.23. The van der Waals surface area contributed by atoms with Crippen LogP contribution in [0.3, 0.4) is 0 Å². The Labute approximate surface area is 107 Å². The molecular weight excluding hydrogens is 263 g/mol. The highest BCUT2D eigenvalue weighted by Gasteiger charge is 2.06. The molecule has 0 saturated carbocycles. The number of hydrogen-bond acceptors (Lipinski definition) is 3. The van der Waals surface area contributed by atoms with Crippen molar-refractivity contribution in [3.63, 3.8) is 0 Å². The maximum atomic E-state index is 10.7. The number of aromatic carboxylic acids is 1. The zero-order chi connectivity index (χ0) is 12.4. The lowest BCUT2D eigenvalue weighted by molar-refractivity contribution is 0.0697. The summed E-state index contributed by atoms with van der Waals surface area (Å²) < 4.78 is 0. The van der Waals surface area contributed by atoms with E-state index >= 15 is 0 Å². The summed E-state index contributed by atoms with van der Waals surface area (Å²) in [7, 11) is 0. The fourth-order valence-electron chi connectivity index (χ4n) is 1.32. The summed E-state index contributed by atoms with van der Waals surface area (Å²) in [4.78, 5) is 18.4. The standard InChI is InChI=1S/C11H6Cl2N2O2/c12-9-5-8(14-11(13)15-9)6-1-3-7(4-2-6)10(16)17/h1-5H,(H,16,17). The zero-order valence-corrected chi connectivity index (χ0v) is 9.90. The molecule has 2 aromatic rings. The molecule has 17 heavy (non-hydrogen) atoms. The molecule has 0 atom stereocenters. The van der Waals surface area contributed by atoms with Gasteiger partial charge in [-0.3, -0.25) is 0 Å². The van der Waals surface area contributed by atoms with Crippen LogP contribution >= 0.6 is 23.2 Å². The third-order valence-electron chi connectivity index (χ3n) is 2.10. The molecule has 0 aliphatic rings. The van der Waals surface area contributed by atoms with Crippen LogP contribution in [0.2, 0.25) is 10.4 Å². The summed E-state index contributed by atoms with van der Waals surface area (Å²) in [5, 5.41) is 9.06. The van der Waals surface area contributed by atoms with Gasteiger partial charge in [-0.2, -0.15) is 0 Å². The lowest BCUT2D eigenvalue weighted by Gasteiger charge is -2.02. The van der Waals surface area contributed by atoms with Gasteiger partial charge in [-0.25, -0.2) is 14.8 Å². The molecule has 0 saturated heterocycles. The number of nitrogens with zero attached hydrogens (tertiary/aromatic N) is 2. The van der Waals surface area contributed by atoms with Gasteiger partial charge in [0, 0.05) is 11.6 Å². The first-order chi connectivity index (χ1) is 8.06. The Morgan fingerprint density at radius 1 is 1.12 bits per heavy atom. The number of hydrogen-bond donors (Lipinski definition) is 1. The molecule has 1 heterocycles. The maximum absolute atomic E-state index is 10.7. The first kappa shape index (κ1) is 11.8. The third-order valence-corrected chi connectivity index (χ3v) is 2.46. The van der Waals surface area contributed by atoms with E-state index < -0.39 is 5.97 Å². The van der Waals surface area contributed by atoms with Crippen molar-refractivity contribution in [3.8, 4) is 11.3 Å². The Morgan fingerprint density at radius 2 is 1.76 bits per heavy atom. The van der Waals surface area contributed by atoms with Crippen LogP contribution in [0.15, 0.2) is 30.3 Å². The predicted molar refractivity (Wildman–Crippen MR) is 64.4 cm³/mol. The van der Waals surface area contributed by atoms with Crippen molar-refractivity contribution in [1.82, 2.24) is 9.97 Å². The summed E-state index contributed by atoms with van der Waals surface area (Å²) in [5.74, 6) is -0.977. The lowest BCUT2D eigenvalue weighted by Crippen LogP contribution is -1.95. The summed E-state index contributed by atoms with van der Waals surface area (Å²) in [5.41, 5.74) is 1.48. The topological polar surface area (TPSA) is 63.1 Å². The Bertz CT molecular complexity index is 550. The highest BCUT2D eigenvalue weighted by atomic mass is 35.5. The predicted octanol–water partition coefficient (Wildman–Crippen LogP) is 3.15. The van der Waals surface area contributed by atoms with Crippen molar-refractivity contribution in [2.45, 2.75) is 0 Å². The molecule has 0 bridgehead atoms. The number of carboxylic acids is 1. The van der Waals surface area contributed by atoms with Gasteiger partial charge >= 0.3 is 5.97 Å². The van der Waals surface area contributed by atoms with Crippen LogP contribution in [0.1, 0.15) is 10.4 Å². The summed E-state index contributed by atoms with van der Waals surface area (Å²) in [6, 6.07) is 7.81. The van der Waals surface area contributed by atoms with Crippen molar-refractivity contribution in [2.75, 3.05) is 0 Å². The fourth-order valence-corrected chi connectivity index (χ4v) is 1.73. The Hall–Kier alpha value is -1.65. The first-order valence-corrected chi connectivity index (χ1v) is 5.35. The minimum Gasteiger partial charge on any atom is -0.478 e. The highest BCUT2D eigenvalue weighted by Crippen LogP contribution is 2.21. The van der Waals surface area contributed by atoms with E-state index in [1.807, 2.05) is 0 Å². The van der Waals surface area contributed by atoms with Gasteiger partial charge in [0.2, 0.25) is 5.28 Å². The molecule has 4 nitrogen and oxygen atoms in total. The van der Waals surface area contributed by atoms with Gasteiger partial charge in [0.05, 0.1) is 11.3 Å². The van der Waals surface area contributed by atoms with Crippen LogP contribution in [0.25, 0.3) is 11.3 Å². The largest absolute Gasteiger partial charge is 0.478 e. The Kier molecular flexibility index (Phi) is 3.26. The van der Waals surface area contributed by atoms with E-state index in [9.17, 15) is 4.79 Å². The molecule has 0 aliphatic carbocycles. The van der Waals surface area contributed by atoms with Crippen molar-refractivity contribution >= 4 is 29.2 Å². The summed E-state index contributed by atoms with van der Waals surface area (Å²) >= 11 is 11.4. The third kappa shape index (κ3) is 2.72. The zero-order valence-electron chi connectivity index (χ0n) is 8.39. The van der Waals surface area contributed by atoms with E-state index in [1.165, 1.54) is 12.1 Å². The van der Waals surface area contributed by atoms with Crippen molar-refractivity contribution in [2.24, 2.45) is 0 Å². The van der Waals surface area contributed by atoms with Gasteiger partial charge < -0.3 is 5.11 Å². The van der Waals surface area contributed by atoms with Crippen molar-refractivity contribution < 1.29 is 9.90 Å². The van der Waals surface area contributed by atoms with Crippen LogP contribution in [0.5, 0.6) is 0 Å². The fraction of sp³-hybridized carbons (Fsp3) is 0. The van der Waals surface area contributed by atoms with Crippen molar-refractivity contribution in [1.29, 1.82) is 0 Å². The Balaban J connectivity index is 2.43. The van der Waals surface area contributed by atoms with Gasteiger partial charge in [-0.1, -0.05) is 23.7 Å². The van der Waals surface area contributed by atoms with Crippen LogP contribution in [-0.4, -0.2) is 21.0 Å². The SMILES string of the molecule is O=C(O)c1ccc(-c2cc(Cl)nc(Cl)n2)cc1. The van der Waals surface area contributed by atoms with Gasteiger partial charge in [0.15, 0.2) is 0 Å². The molecule has 0 spiro atoms. The van der Waals surface area contributed by atoms with E-state index in [-0.39, 0.29) is 16.0 Å². The van der Waals surface area contributed by atoms with E-state index in [2.05, 4.69) is 9.97 Å². The van der Waals surface area contributed by atoms with E-state index in [4.69, 9.17) is 28.3 Å². The first-order valence-electron chi connectivity index (χ1n) is 4.60. The van der Waals surface area contributed by atoms with Gasteiger partial charge in [-0.05, 0) is 23.7 Å². The quantitative estimate of drug-likeness (QED) is 0.671. The number of carbonyl (C=O) groups is 1. The number of aromatic nitrogens is 2. The molecule has 1 aromatic carbocycles. The van der Waals surface area contributed by atoms with Crippen molar-refractivity contribution in [3.05, 3.63) is 46.3 Å². The van der Waals surface area contributed by atoms with E-state index in [0.717, 1.165) is 5.56 Å². The smallest absolute Gasteiger partial charge is 0.335 e. The van der Waals surface area contributed by atoms with Crippen LogP contribution in [0, 0.1) is 0 Å². The molecule has 0 unspecified atom stereocenters. The van der Waals surface area contributed by atoms with Crippen LogP contribution < -0.4 is 0 Å². The van der Waals surface area contributed by atoms with Crippen LogP contribution in [-0.2, 0) is 0 Å². The van der Waals surface area contributed by atoms with Gasteiger partial charge in [0.25, 0.3) is 0 Å². The lowest BCUT2D eigenvalue weighted by atomic mass is 10.1. The Morgan fingerprint density at radius 3 is 2.29 bits per heavy atom. The molecule has 6 heteroatoms. The molecule has 0 radical (unpaired) electrons. The molecule has 0 fully saturated rings. The highest BCUT2D eigenvalue weighted by molar-refractivity contribution is 6.32. The summed E-state index contributed by atoms with van der Waals surface area (Å²) in [6.45, 7) is 0. The number of rotatable bonds is 2. The van der Waals surface area contributed by atoms with E-state index in [1.54, 1.807) is 18.2 Å². The molecule has 2 rings (SSSR count). The average Bonchev–Trinajstić information content (AvgIpc) is 2.28. The second kappa shape index (κ2) is 4.69. The summed E-state index contributed by atoms with van der Waals surface area (Å²) in [6.07, 6.45) is 0.